The van der Waals surface area contributed by atoms with Crippen molar-refractivity contribution < 1.29 is 13.2 Å². The zero-order chi connectivity index (χ0) is 27.3. The second kappa shape index (κ2) is 12.3. The monoisotopic (exact) mass is 590 g/mol. The summed E-state index contributed by atoms with van der Waals surface area (Å²) in [5, 5.41) is 8.22. The Morgan fingerprint density at radius 1 is 0.921 bits per heavy atom. The molecule has 0 aliphatic heterocycles. The van der Waals surface area contributed by atoms with E-state index in [1.54, 1.807) is 48.7 Å². The van der Waals surface area contributed by atoms with E-state index in [0.29, 0.717) is 27.2 Å². The van der Waals surface area contributed by atoms with Crippen molar-refractivity contribution in [3.05, 3.63) is 99.1 Å². The highest BCUT2D eigenvalue weighted by molar-refractivity contribution is 7.89. The molecule has 0 fully saturated rings. The van der Waals surface area contributed by atoms with Gasteiger partial charge >= 0.3 is 0 Å². The lowest BCUT2D eigenvalue weighted by Gasteiger charge is -2.22. The number of sulfonamides is 1. The summed E-state index contributed by atoms with van der Waals surface area (Å²) in [4.78, 5) is 17.3. The number of benzene rings is 3. The maximum atomic E-state index is 13.5. The summed E-state index contributed by atoms with van der Waals surface area (Å²) >= 11 is 18.2. The van der Waals surface area contributed by atoms with Gasteiger partial charge in [-0.15, -0.1) is 0 Å². The van der Waals surface area contributed by atoms with Gasteiger partial charge in [-0.3, -0.25) is 9.78 Å². The first-order valence-corrected chi connectivity index (χ1v) is 14.3. The van der Waals surface area contributed by atoms with E-state index in [-0.39, 0.29) is 24.5 Å². The standard InChI is InChI=1S/C27H25Cl3N4O3S/c1-18-2-6-21(7-3-18)38(36,37)34(16-19-4-9-23(29)24(30)14-19)17-27(35)33-13-12-32-25-10-11-31-26-15-20(28)5-8-22(25)26/h2-11,14-15H,12-13,16-17H2,1H3,(H,31,32)(H,33,35). The van der Waals surface area contributed by atoms with Gasteiger partial charge in [-0.1, -0.05) is 58.6 Å². The molecule has 0 radical (unpaired) electrons. The lowest BCUT2D eigenvalue weighted by molar-refractivity contribution is -0.121. The number of aromatic nitrogens is 1. The molecular weight excluding hydrogens is 567 g/mol. The number of nitrogens with one attached hydrogen (secondary N) is 2. The van der Waals surface area contributed by atoms with E-state index in [1.807, 2.05) is 19.1 Å². The maximum absolute atomic E-state index is 13.5. The summed E-state index contributed by atoms with van der Waals surface area (Å²) < 4.78 is 28.0. The third-order valence-electron chi connectivity index (χ3n) is 5.79. The molecule has 198 valence electrons. The van der Waals surface area contributed by atoms with Gasteiger partial charge in [0.1, 0.15) is 0 Å². The summed E-state index contributed by atoms with van der Waals surface area (Å²) in [5.41, 5.74) is 3.14. The van der Waals surface area contributed by atoms with Crippen LogP contribution in [0.3, 0.4) is 0 Å². The minimum absolute atomic E-state index is 0.0513. The summed E-state index contributed by atoms with van der Waals surface area (Å²) in [5.74, 6) is -0.436. The van der Waals surface area contributed by atoms with Crippen molar-refractivity contribution >= 4 is 67.3 Å². The summed E-state index contributed by atoms with van der Waals surface area (Å²) in [6, 6.07) is 18.6. The van der Waals surface area contributed by atoms with Crippen LogP contribution in [-0.4, -0.2) is 43.2 Å². The number of hydrogen-bond acceptors (Lipinski definition) is 5. The summed E-state index contributed by atoms with van der Waals surface area (Å²) in [6.07, 6.45) is 1.68. The first kappa shape index (κ1) is 28.1. The Balaban J connectivity index is 1.43. The fourth-order valence-corrected chi connectivity index (χ4v) is 5.69. The molecule has 2 N–H and O–H groups in total. The molecule has 0 bridgehead atoms. The maximum Gasteiger partial charge on any atom is 0.243 e. The number of amides is 1. The molecule has 3 aromatic carbocycles. The van der Waals surface area contributed by atoms with Crippen molar-refractivity contribution in [1.82, 2.24) is 14.6 Å². The fourth-order valence-electron chi connectivity index (χ4n) is 3.82. The smallest absolute Gasteiger partial charge is 0.243 e. The Labute approximate surface area is 236 Å². The molecule has 0 spiro atoms. The summed E-state index contributed by atoms with van der Waals surface area (Å²) in [6.45, 7) is 2.15. The van der Waals surface area contributed by atoms with E-state index in [9.17, 15) is 13.2 Å². The molecule has 4 rings (SSSR count). The van der Waals surface area contributed by atoms with E-state index in [4.69, 9.17) is 34.8 Å². The topological polar surface area (TPSA) is 91.4 Å². The molecule has 4 aromatic rings. The Morgan fingerprint density at radius 3 is 2.42 bits per heavy atom. The van der Waals surface area contributed by atoms with Gasteiger partial charge in [0.05, 0.1) is 27.0 Å². The highest BCUT2D eigenvalue weighted by atomic mass is 35.5. The van der Waals surface area contributed by atoms with Crippen LogP contribution in [0, 0.1) is 6.92 Å². The Bertz CT molecular complexity index is 1560. The Hall–Kier alpha value is -2.88. The minimum atomic E-state index is -3.97. The largest absolute Gasteiger partial charge is 0.383 e. The second-order valence-corrected chi connectivity index (χ2v) is 11.8. The van der Waals surface area contributed by atoms with Crippen molar-refractivity contribution in [3.8, 4) is 0 Å². The van der Waals surface area contributed by atoms with Crippen LogP contribution in [0.1, 0.15) is 11.1 Å². The third-order valence-corrected chi connectivity index (χ3v) is 8.57. The molecule has 0 atom stereocenters. The number of fused-ring (bicyclic) bond motifs is 1. The average Bonchev–Trinajstić information content (AvgIpc) is 2.88. The van der Waals surface area contributed by atoms with Crippen LogP contribution >= 0.6 is 34.8 Å². The lowest BCUT2D eigenvalue weighted by Crippen LogP contribution is -2.41. The van der Waals surface area contributed by atoms with Gasteiger partial charge < -0.3 is 10.6 Å². The normalized spacial score (nSPS) is 11.6. The van der Waals surface area contributed by atoms with Gasteiger partial charge in [0.2, 0.25) is 15.9 Å². The zero-order valence-corrected chi connectivity index (χ0v) is 23.5. The number of anilines is 1. The van der Waals surface area contributed by atoms with Crippen molar-refractivity contribution in [2.45, 2.75) is 18.4 Å². The lowest BCUT2D eigenvalue weighted by atomic mass is 10.2. The number of nitrogens with zero attached hydrogens (tertiary/aromatic N) is 2. The van der Waals surface area contributed by atoms with Crippen LogP contribution < -0.4 is 10.6 Å². The van der Waals surface area contributed by atoms with Gasteiger partial charge in [-0.05, 0) is 61.0 Å². The highest BCUT2D eigenvalue weighted by Gasteiger charge is 2.27. The van der Waals surface area contributed by atoms with Gasteiger partial charge in [0.25, 0.3) is 0 Å². The fraction of sp³-hybridized carbons (Fsp3) is 0.185. The van der Waals surface area contributed by atoms with Gasteiger partial charge in [-0.25, -0.2) is 8.42 Å². The van der Waals surface area contributed by atoms with Crippen molar-refractivity contribution in [2.24, 2.45) is 0 Å². The van der Waals surface area contributed by atoms with Crippen molar-refractivity contribution in [2.75, 3.05) is 25.0 Å². The predicted octanol–water partition coefficient (Wildman–Crippen LogP) is 5.92. The van der Waals surface area contributed by atoms with E-state index < -0.39 is 15.9 Å². The number of carbonyl (C=O) groups excluding carboxylic acids is 1. The molecule has 38 heavy (non-hydrogen) atoms. The van der Waals surface area contributed by atoms with E-state index in [1.165, 1.54) is 12.1 Å². The molecule has 0 aliphatic carbocycles. The van der Waals surface area contributed by atoms with E-state index in [2.05, 4.69) is 15.6 Å². The number of rotatable bonds is 10. The molecule has 0 saturated carbocycles. The molecule has 1 amide bonds. The SMILES string of the molecule is Cc1ccc(S(=O)(=O)N(CC(=O)NCCNc2ccnc3cc(Cl)ccc23)Cc2ccc(Cl)c(Cl)c2)cc1. The number of carbonyl (C=O) groups is 1. The summed E-state index contributed by atoms with van der Waals surface area (Å²) in [7, 11) is -3.97. The highest BCUT2D eigenvalue weighted by Crippen LogP contribution is 2.26. The van der Waals surface area contributed by atoms with E-state index in [0.717, 1.165) is 26.5 Å². The molecular formula is C27H25Cl3N4O3S. The van der Waals surface area contributed by atoms with Crippen LogP contribution in [0.25, 0.3) is 10.9 Å². The minimum Gasteiger partial charge on any atom is -0.383 e. The molecule has 0 unspecified atom stereocenters. The molecule has 1 heterocycles. The quantitative estimate of drug-likeness (QED) is 0.223. The average molecular weight is 592 g/mol. The molecule has 0 saturated heterocycles. The number of aryl methyl sites for hydroxylation is 1. The van der Waals surface area contributed by atoms with Crippen LogP contribution in [-0.2, 0) is 21.4 Å². The first-order valence-electron chi connectivity index (χ1n) is 11.7. The predicted molar refractivity (Wildman–Crippen MR) is 153 cm³/mol. The Kier molecular flexibility index (Phi) is 9.12. The van der Waals surface area contributed by atoms with Crippen LogP contribution in [0.2, 0.25) is 15.1 Å². The van der Waals surface area contributed by atoms with Crippen molar-refractivity contribution in [3.63, 3.8) is 0 Å². The van der Waals surface area contributed by atoms with Gasteiger partial charge in [0, 0.05) is 41.9 Å². The number of pyridine rings is 1. The second-order valence-electron chi connectivity index (χ2n) is 8.63. The zero-order valence-electron chi connectivity index (χ0n) is 20.4. The van der Waals surface area contributed by atoms with Gasteiger partial charge in [-0.2, -0.15) is 4.31 Å². The first-order chi connectivity index (χ1) is 18.1. The molecule has 11 heteroatoms. The molecule has 1 aromatic heterocycles. The van der Waals surface area contributed by atoms with Crippen molar-refractivity contribution in [1.29, 1.82) is 0 Å². The van der Waals surface area contributed by atoms with Crippen LogP contribution in [0.5, 0.6) is 0 Å². The van der Waals surface area contributed by atoms with Crippen LogP contribution in [0.4, 0.5) is 5.69 Å². The third kappa shape index (κ3) is 6.95. The van der Waals surface area contributed by atoms with E-state index >= 15 is 0 Å². The molecule has 0 aliphatic rings. The number of hydrogen-bond donors (Lipinski definition) is 2. The Morgan fingerprint density at radius 2 is 1.68 bits per heavy atom. The number of halogens is 3. The van der Waals surface area contributed by atoms with Gasteiger partial charge in [0.15, 0.2) is 0 Å². The van der Waals surface area contributed by atoms with Crippen LogP contribution in [0.15, 0.2) is 77.8 Å². The molecule has 7 nitrogen and oxygen atoms in total.